The number of hydrogen-bond acceptors (Lipinski definition) is 3. The summed E-state index contributed by atoms with van der Waals surface area (Å²) in [7, 11) is 0. The largest absolute Gasteiger partial charge is 0.480 e. The van der Waals surface area contributed by atoms with Gasteiger partial charge in [0, 0.05) is 12.7 Å². The second-order valence-electron chi connectivity index (χ2n) is 4.63. The average Bonchev–Trinajstić information content (AvgIpc) is 2.81. The Hall–Kier alpha value is -2.05. The Morgan fingerprint density at radius 3 is 2.94 bits per heavy atom. The van der Waals surface area contributed by atoms with Crippen LogP contribution in [0.5, 0.6) is 0 Å². The Balaban J connectivity index is 1.75. The van der Waals surface area contributed by atoms with Gasteiger partial charge in [0.25, 0.3) is 0 Å². The zero-order valence-corrected chi connectivity index (χ0v) is 10.1. The summed E-state index contributed by atoms with van der Waals surface area (Å²) >= 11 is 0. The van der Waals surface area contributed by atoms with Gasteiger partial charge in [0.05, 0.1) is 11.9 Å². The van der Waals surface area contributed by atoms with Crippen LogP contribution in [0.1, 0.15) is 13.3 Å². The number of hydrogen-bond donors (Lipinski definition) is 3. The molecular weight excluding hydrogens is 236 g/mol. The number of nitrogens with zero attached hydrogens (tertiary/aromatic N) is 2. The summed E-state index contributed by atoms with van der Waals surface area (Å²) in [5, 5.41) is 17.8. The molecule has 7 nitrogen and oxygen atoms in total. The van der Waals surface area contributed by atoms with Crippen molar-refractivity contribution >= 4 is 17.7 Å². The van der Waals surface area contributed by atoms with Crippen LogP contribution in [0, 0.1) is 11.8 Å². The third kappa shape index (κ3) is 3.47. The van der Waals surface area contributed by atoms with E-state index in [0.717, 1.165) is 6.42 Å². The van der Waals surface area contributed by atoms with Gasteiger partial charge in [-0.1, -0.05) is 6.92 Å². The molecule has 2 rings (SSSR count). The molecule has 98 valence electrons. The van der Waals surface area contributed by atoms with Crippen molar-refractivity contribution in [1.29, 1.82) is 0 Å². The number of carbonyl (C=O) groups is 2. The van der Waals surface area contributed by atoms with Gasteiger partial charge in [-0.15, -0.1) is 0 Å². The minimum absolute atomic E-state index is 0.219. The summed E-state index contributed by atoms with van der Waals surface area (Å²) in [6, 6.07) is -0.288. The first kappa shape index (κ1) is 12.4. The Kier molecular flexibility index (Phi) is 3.50. The molecule has 1 aliphatic carbocycles. The number of urea groups is 1. The minimum Gasteiger partial charge on any atom is -0.480 e. The van der Waals surface area contributed by atoms with E-state index in [1.807, 2.05) is 0 Å². The molecule has 7 heteroatoms. The maximum Gasteiger partial charge on any atom is 0.325 e. The number of amides is 2. The molecule has 2 amide bonds. The lowest BCUT2D eigenvalue weighted by Gasteiger charge is -2.04. The number of aromatic nitrogens is 2. The summed E-state index contributed by atoms with van der Waals surface area (Å²) in [5.74, 6) is 0.311. The van der Waals surface area contributed by atoms with Crippen molar-refractivity contribution in [2.24, 2.45) is 11.8 Å². The first-order chi connectivity index (χ1) is 8.54. The lowest BCUT2D eigenvalue weighted by molar-refractivity contribution is -0.137. The highest BCUT2D eigenvalue weighted by molar-refractivity contribution is 5.88. The highest BCUT2D eigenvalue weighted by atomic mass is 16.4. The van der Waals surface area contributed by atoms with E-state index in [-0.39, 0.29) is 12.6 Å². The number of nitrogens with one attached hydrogen (secondary N) is 2. The summed E-state index contributed by atoms with van der Waals surface area (Å²) in [4.78, 5) is 22.0. The third-order valence-electron chi connectivity index (χ3n) is 2.99. The van der Waals surface area contributed by atoms with Gasteiger partial charge in [0.2, 0.25) is 0 Å². The second kappa shape index (κ2) is 5.07. The van der Waals surface area contributed by atoms with Crippen molar-refractivity contribution in [3.8, 4) is 0 Å². The summed E-state index contributed by atoms with van der Waals surface area (Å²) in [5.41, 5.74) is 0.484. The molecule has 0 radical (unpaired) electrons. The van der Waals surface area contributed by atoms with Crippen molar-refractivity contribution in [3.63, 3.8) is 0 Å². The predicted molar refractivity (Wildman–Crippen MR) is 64.2 cm³/mol. The maximum absolute atomic E-state index is 11.5. The van der Waals surface area contributed by atoms with Crippen molar-refractivity contribution in [2.75, 3.05) is 11.9 Å². The highest BCUT2D eigenvalue weighted by Crippen LogP contribution is 2.36. The molecule has 0 aromatic carbocycles. The standard InChI is InChI=1S/C11H16N4O3/c1-7-2-8(7)3-12-11(18)14-9-4-13-15(5-9)6-10(16)17/h4-5,7-8H,2-3,6H2,1H3,(H,16,17)(H2,12,14,18). The molecule has 2 atom stereocenters. The molecule has 1 heterocycles. The Morgan fingerprint density at radius 1 is 1.61 bits per heavy atom. The van der Waals surface area contributed by atoms with Gasteiger partial charge in [-0.25, -0.2) is 4.79 Å². The lowest BCUT2D eigenvalue weighted by Crippen LogP contribution is -2.30. The number of anilines is 1. The molecule has 1 aliphatic rings. The van der Waals surface area contributed by atoms with E-state index in [1.54, 1.807) is 0 Å². The Labute approximate surface area is 104 Å². The fourth-order valence-electron chi connectivity index (χ4n) is 1.74. The third-order valence-corrected chi connectivity index (χ3v) is 2.99. The van der Waals surface area contributed by atoms with Crippen LogP contribution < -0.4 is 10.6 Å². The fraction of sp³-hybridized carbons (Fsp3) is 0.545. The van der Waals surface area contributed by atoms with Gasteiger partial charge < -0.3 is 15.7 Å². The van der Waals surface area contributed by atoms with Crippen LogP contribution in [-0.2, 0) is 11.3 Å². The monoisotopic (exact) mass is 252 g/mol. The number of aliphatic carboxylic acids is 1. The van der Waals surface area contributed by atoms with Gasteiger partial charge >= 0.3 is 12.0 Å². The number of rotatable bonds is 5. The van der Waals surface area contributed by atoms with Gasteiger partial charge in [-0.3, -0.25) is 9.48 Å². The average molecular weight is 252 g/mol. The van der Waals surface area contributed by atoms with Crippen LogP contribution in [0.3, 0.4) is 0 Å². The zero-order chi connectivity index (χ0) is 13.1. The van der Waals surface area contributed by atoms with E-state index < -0.39 is 5.97 Å². The van der Waals surface area contributed by atoms with Crippen LogP contribution in [0.15, 0.2) is 12.4 Å². The molecule has 3 N–H and O–H groups in total. The quantitative estimate of drug-likeness (QED) is 0.720. The van der Waals surface area contributed by atoms with Gasteiger partial charge in [0.15, 0.2) is 0 Å². The molecule has 1 aromatic heterocycles. The van der Waals surface area contributed by atoms with Crippen LogP contribution in [0.25, 0.3) is 0 Å². The number of carboxylic acids is 1. The highest BCUT2D eigenvalue weighted by Gasteiger charge is 2.32. The minimum atomic E-state index is -0.975. The molecule has 0 bridgehead atoms. The van der Waals surface area contributed by atoms with Crippen molar-refractivity contribution in [2.45, 2.75) is 19.9 Å². The molecule has 0 spiro atoms. The first-order valence-electron chi connectivity index (χ1n) is 5.83. The first-order valence-corrected chi connectivity index (χ1v) is 5.83. The normalized spacial score (nSPS) is 21.4. The summed E-state index contributed by atoms with van der Waals surface area (Å²) < 4.78 is 1.25. The number of carbonyl (C=O) groups excluding carboxylic acids is 1. The fourth-order valence-corrected chi connectivity index (χ4v) is 1.74. The molecule has 18 heavy (non-hydrogen) atoms. The van der Waals surface area contributed by atoms with Crippen LogP contribution >= 0.6 is 0 Å². The van der Waals surface area contributed by atoms with Crippen LogP contribution in [0.2, 0.25) is 0 Å². The van der Waals surface area contributed by atoms with Crippen LogP contribution in [0.4, 0.5) is 10.5 Å². The summed E-state index contributed by atoms with van der Waals surface area (Å²) in [6.07, 6.45) is 4.06. The van der Waals surface area contributed by atoms with E-state index in [2.05, 4.69) is 22.7 Å². The van der Waals surface area contributed by atoms with E-state index in [1.165, 1.54) is 17.1 Å². The molecular formula is C11H16N4O3. The molecule has 1 saturated carbocycles. The van der Waals surface area contributed by atoms with Crippen LogP contribution in [-0.4, -0.2) is 33.4 Å². The van der Waals surface area contributed by atoms with Crippen molar-refractivity contribution in [3.05, 3.63) is 12.4 Å². The zero-order valence-electron chi connectivity index (χ0n) is 10.1. The maximum atomic E-state index is 11.5. The van der Waals surface area contributed by atoms with Crippen molar-refractivity contribution < 1.29 is 14.7 Å². The molecule has 0 saturated heterocycles. The predicted octanol–water partition coefficient (Wildman–Crippen LogP) is 0.745. The summed E-state index contributed by atoms with van der Waals surface area (Å²) in [6.45, 7) is 2.61. The SMILES string of the molecule is CC1CC1CNC(=O)Nc1cnn(CC(=O)O)c1. The van der Waals surface area contributed by atoms with E-state index in [9.17, 15) is 9.59 Å². The second-order valence-corrected chi connectivity index (χ2v) is 4.63. The molecule has 1 fully saturated rings. The number of carboxylic acid groups (broad SMARTS) is 1. The van der Waals surface area contributed by atoms with E-state index in [4.69, 9.17) is 5.11 Å². The van der Waals surface area contributed by atoms with E-state index >= 15 is 0 Å². The van der Waals surface area contributed by atoms with Crippen molar-refractivity contribution in [1.82, 2.24) is 15.1 Å². The van der Waals surface area contributed by atoms with Gasteiger partial charge in [-0.05, 0) is 18.3 Å². The lowest BCUT2D eigenvalue weighted by atomic mass is 10.3. The molecule has 1 aromatic rings. The molecule has 2 unspecified atom stereocenters. The smallest absolute Gasteiger partial charge is 0.325 e. The Bertz CT molecular complexity index is 457. The Morgan fingerprint density at radius 2 is 2.33 bits per heavy atom. The van der Waals surface area contributed by atoms with E-state index in [0.29, 0.717) is 24.1 Å². The van der Waals surface area contributed by atoms with Gasteiger partial charge in [-0.2, -0.15) is 5.10 Å². The molecule has 0 aliphatic heterocycles. The topological polar surface area (TPSA) is 96.3 Å². The van der Waals surface area contributed by atoms with Gasteiger partial charge in [0.1, 0.15) is 6.54 Å².